The minimum absolute atomic E-state index is 0.797. The van der Waals surface area contributed by atoms with Gasteiger partial charge in [0.05, 0.1) is 0 Å². The molecular weight excluding hydrogens is 172 g/mol. The van der Waals surface area contributed by atoms with E-state index in [9.17, 15) is 0 Å². The molecule has 0 saturated carbocycles. The van der Waals surface area contributed by atoms with Crippen molar-refractivity contribution in [3.8, 4) is 0 Å². The summed E-state index contributed by atoms with van der Waals surface area (Å²) in [5.74, 6) is 0.797. The fourth-order valence-electron chi connectivity index (χ4n) is 2.15. The van der Waals surface area contributed by atoms with Crippen LogP contribution >= 0.6 is 0 Å². The Hall–Kier alpha value is -1.02. The molecule has 0 radical (unpaired) electrons. The number of hydrogen-bond donors (Lipinski definition) is 2. The molecule has 2 heteroatoms. The van der Waals surface area contributed by atoms with E-state index in [0.717, 1.165) is 24.6 Å². The lowest BCUT2D eigenvalue weighted by Crippen LogP contribution is -2.30. The average Bonchev–Trinajstić information content (AvgIpc) is 2.19. The van der Waals surface area contributed by atoms with Gasteiger partial charge in [-0.1, -0.05) is 12.1 Å². The molecule has 76 valence electrons. The Morgan fingerprint density at radius 3 is 3.07 bits per heavy atom. The van der Waals surface area contributed by atoms with Gasteiger partial charge in [-0.2, -0.15) is 0 Å². The summed E-state index contributed by atoms with van der Waals surface area (Å²) in [6, 6.07) is 8.25. The van der Waals surface area contributed by atoms with E-state index in [1.54, 1.807) is 0 Å². The fraction of sp³-hybridized carbons (Fsp3) is 0.500. The van der Waals surface area contributed by atoms with Crippen LogP contribution in [0.5, 0.6) is 0 Å². The smallest absolute Gasteiger partial charge is 0.0316 e. The van der Waals surface area contributed by atoms with E-state index in [1.165, 1.54) is 24.9 Å². The Labute approximate surface area is 85.5 Å². The van der Waals surface area contributed by atoms with Gasteiger partial charge in [0.1, 0.15) is 0 Å². The van der Waals surface area contributed by atoms with Crippen molar-refractivity contribution in [2.24, 2.45) is 5.92 Å². The fourth-order valence-corrected chi connectivity index (χ4v) is 2.15. The number of benzene rings is 1. The van der Waals surface area contributed by atoms with Gasteiger partial charge >= 0.3 is 0 Å². The van der Waals surface area contributed by atoms with Crippen LogP contribution in [0.2, 0.25) is 0 Å². The van der Waals surface area contributed by atoms with Gasteiger partial charge in [0.25, 0.3) is 0 Å². The van der Waals surface area contributed by atoms with Crippen molar-refractivity contribution in [1.82, 2.24) is 5.32 Å². The molecule has 0 aromatic heterocycles. The third-order valence-electron chi connectivity index (χ3n) is 2.87. The first-order valence-corrected chi connectivity index (χ1v) is 5.40. The van der Waals surface area contributed by atoms with E-state index in [2.05, 4.69) is 17.4 Å². The third kappa shape index (κ3) is 2.48. The van der Waals surface area contributed by atoms with Crippen molar-refractivity contribution in [2.45, 2.75) is 19.3 Å². The summed E-state index contributed by atoms with van der Waals surface area (Å²) >= 11 is 0. The van der Waals surface area contributed by atoms with Gasteiger partial charge in [0, 0.05) is 5.69 Å². The zero-order valence-electron chi connectivity index (χ0n) is 8.50. The van der Waals surface area contributed by atoms with Gasteiger partial charge in [-0.15, -0.1) is 0 Å². The molecule has 0 aliphatic carbocycles. The predicted molar refractivity (Wildman–Crippen MR) is 60.2 cm³/mol. The molecule has 14 heavy (non-hydrogen) atoms. The van der Waals surface area contributed by atoms with E-state index in [1.807, 2.05) is 12.1 Å². The molecule has 1 aliphatic heterocycles. The maximum atomic E-state index is 5.75. The molecule has 2 rings (SSSR count). The molecule has 2 nitrogen and oxygen atoms in total. The molecule has 1 aromatic rings. The van der Waals surface area contributed by atoms with Gasteiger partial charge in [-0.3, -0.25) is 0 Å². The highest BCUT2D eigenvalue weighted by molar-refractivity contribution is 5.40. The molecule has 1 aromatic carbocycles. The van der Waals surface area contributed by atoms with Crippen LogP contribution in [0.25, 0.3) is 0 Å². The maximum absolute atomic E-state index is 5.75. The van der Waals surface area contributed by atoms with Crippen molar-refractivity contribution in [3.05, 3.63) is 29.8 Å². The summed E-state index contributed by atoms with van der Waals surface area (Å²) in [7, 11) is 0. The van der Waals surface area contributed by atoms with E-state index in [-0.39, 0.29) is 0 Å². The summed E-state index contributed by atoms with van der Waals surface area (Å²) in [4.78, 5) is 0. The molecule has 0 bridgehead atoms. The minimum atomic E-state index is 0.797. The number of nitrogens with two attached hydrogens (primary N) is 1. The second-order valence-electron chi connectivity index (χ2n) is 4.16. The van der Waals surface area contributed by atoms with Crippen molar-refractivity contribution >= 4 is 5.69 Å². The van der Waals surface area contributed by atoms with Crippen LogP contribution in [0, 0.1) is 5.92 Å². The molecule has 3 N–H and O–H groups in total. The number of piperidine rings is 1. The van der Waals surface area contributed by atoms with E-state index < -0.39 is 0 Å². The second kappa shape index (κ2) is 4.47. The Morgan fingerprint density at radius 1 is 1.43 bits per heavy atom. The minimum Gasteiger partial charge on any atom is -0.399 e. The summed E-state index contributed by atoms with van der Waals surface area (Å²) in [6.45, 7) is 2.35. The number of nitrogen functional groups attached to an aromatic ring is 1. The molecule has 0 spiro atoms. The molecule has 1 saturated heterocycles. The highest BCUT2D eigenvalue weighted by Crippen LogP contribution is 2.17. The molecule has 1 aliphatic rings. The van der Waals surface area contributed by atoms with Gasteiger partial charge in [-0.25, -0.2) is 0 Å². The molecule has 1 heterocycles. The largest absolute Gasteiger partial charge is 0.399 e. The number of rotatable bonds is 2. The SMILES string of the molecule is Nc1cccc(CC2CCCNC2)c1. The first-order valence-electron chi connectivity index (χ1n) is 5.40. The van der Waals surface area contributed by atoms with Gasteiger partial charge < -0.3 is 11.1 Å². The summed E-state index contributed by atoms with van der Waals surface area (Å²) in [6.07, 6.45) is 3.83. The molecular formula is C12H18N2. The Bertz CT molecular complexity index is 290. The molecule has 1 atom stereocenters. The third-order valence-corrected chi connectivity index (χ3v) is 2.87. The van der Waals surface area contributed by atoms with Crippen LogP contribution < -0.4 is 11.1 Å². The van der Waals surface area contributed by atoms with Crippen molar-refractivity contribution in [3.63, 3.8) is 0 Å². The summed E-state index contributed by atoms with van der Waals surface area (Å²) in [5, 5.41) is 3.44. The Balaban J connectivity index is 1.95. The topological polar surface area (TPSA) is 38.0 Å². The maximum Gasteiger partial charge on any atom is 0.0316 e. The second-order valence-corrected chi connectivity index (χ2v) is 4.16. The first-order chi connectivity index (χ1) is 6.84. The zero-order valence-corrected chi connectivity index (χ0v) is 8.50. The highest BCUT2D eigenvalue weighted by atomic mass is 14.9. The Morgan fingerprint density at radius 2 is 2.36 bits per heavy atom. The lowest BCUT2D eigenvalue weighted by atomic mass is 9.92. The average molecular weight is 190 g/mol. The van der Waals surface area contributed by atoms with Crippen molar-refractivity contribution < 1.29 is 0 Å². The summed E-state index contributed by atoms with van der Waals surface area (Å²) in [5.41, 5.74) is 8.00. The van der Waals surface area contributed by atoms with E-state index >= 15 is 0 Å². The molecule has 1 fully saturated rings. The number of hydrogen-bond acceptors (Lipinski definition) is 2. The van der Waals surface area contributed by atoms with Crippen LogP contribution in [0.1, 0.15) is 18.4 Å². The highest BCUT2D eigenvalue weighted by Gasteiger charge is 2.13. The molecule has 1 unspecified atom stereocenters. The van der Waals surface area contributed by atoms with E-state index in [0.29, 0.717) is 0 Å². The van der Waals surface area contributed by atoms with Gasteiger partial charge in [0.2, 0.25) is 0 Å². The monoisotopic (exact) mass is 190 g/mol. The lowest BCUT2D eigenvalue weighted by Gasteiger charge is -2.22. The van der Waals surface area contributed by atoms with E-state index in [4.69, 9.17) is 5.73 Å². The van der Waals surface area contributed by atoms with Gasteiger partial charge in [-0.05, 0) is 56.0 Å². The van der Waals surface area contributed by atoms with Gasteiger partial charge in [0.15, 0.2) is 0 Å². The first kappa shape index (κ1) is 9.53. The lowest BCUT2D eigenvalue weighted by molar-refractivity contribution is 0.376. The normalized spacial score (nSPS) is 22.1. The van der Waals surface area contributed by atoms with Crippen molar-refractivity contribution in [1.29, 1.82) is 0 Å². The quantitative estimate of drug-likeness (QED) is 0.698. The zero-order chi connectivity index (χ0) is 9.80. The van der Waals surface area contributed by atoms with Crippen LogP contribution in [0.3, 0.4) is 0 Å². The molecule has 0 amide bonds. The number of nitrogens with one attached hydrogen (secondary N) is 1. The van der Waals surface area contributed by atoms with Crippen LogP contribution in [0.4, 0.5) is 5.69 Å². The summed E-state index contributed by atoms with van der Waals surface area (Å²) < 4.78 is 0. The van der Waals surface area contributed by atoms with Crippen LogP contribution in [0.15, 0.2) is 24.3 Å². The standard InChI is InChI=1S/C12H18N2/c13-12-5-1-3-10(8-12)7-11-4-2-6-14-9-11/h1,3,5,8,11,14H,2,4,6-7,9,13H2. The van der Waals surface area contributed by atoms with Crippen LogP contribution in [-0.4, -0.2) is 13.1 Å². The number of anilines is 1. The van der Waals surface area contributed by atoms with Crippen molar-refractivity contribution in [2.75, 3.05) is 18.8 Å². The van der Waals surface area contributed by atoms with Crippen LogP contribution in [-0.2, 0) is 6.42 Å². The Kier molecular flexibility index (Phi) is 3.04. The predicted octanol–water partition coefficient (Wildman–Crippen LogP) is 1.81.